The Balaban J connectivity index is 0.00000338. The van der Waals surface area contributed by atoms with E-state index >= 15 is 0 Å². The zero-order valence-corrected chi connectivity index (χ0v) is 19.1. The molecule has 0 aliphatic carbocycles. The van der Waals surface area contributed by atoms with Crippen molar-refractivity contribution in [3.05, 3.63) is 45.4 Å². The highest BCUT2D eigenvalue weighted by molar-refractivity contribution is 14.0. The van der Waals surface area contributed by atoms with Gasteiger partial charge in [0.15, 0.2) is 5.96 Å². The maximum Gasteiger partial charge on any atom is 0.191 e. The Morgan fingerprint density at radius 1 is 1.15 bits per heavy atom. The van der Waals surface area contributed by atoms with E-state index in [9.17, 15) is 0 Å². The second-order valence-electron chi connectivity index (χ2n) is 5.92. The van der Waals surface area contributed by atoms with Gasteiger partial charge in [-0.25, -0.2) is 4.98 Å². The van der Waals surface area contributed by atoms with Crippen LogP contribution in [-0.2, 0) is 12.8 Å². The fraction of sp³-hybridized carbons (Fsp3) is 0.474. The third-order valence-corrected chi connectivity index (χ3v) is 4.86. The van der Waals surface area contributed by atoms with Gasteiger partial charge in [0.2, 0.25) is 0 Å². The Kier molecular flexibility index (Phi) is 10.6. The fourth-order valence-electron chi connectivity index (χ4n) is 2.49. The van der Waals surface area contributed by atoms with E-state index in [4.69, 9.17) is 4.74 Å². The molecule has 7 heteroatoms. The highest BCUT2D eigenvalue weighted by atomic mass is 127. The quantitative estimate of drug-likeness (QED) is 0.257. The van der Waals surface area contributed by atoms with Crippen LogP contribution in [-0.4, -0.2) is 37.7 Å². The molecule has 0 radical (unpaired) electrons. The number of aryl methyl sites for hydroxylation is 3. The lowest BCUT2D eigenvalue weighted by Gasteiger charge is -2.12. The first-order valence-electron chi connectivity index (χ1n) is 8.70. The van der Waals surface area contributed by atoms with E-state index in [-0.39, 0.29) is 24.0 Å². The number of aliphatic imine (C=N–C) groups is 1. The molecule has 0 spiro atoms. The summed E-state index contributed by atoms with van der Waals surface area (Å²) in [5.41, 5.74) is 2.43. The first-order valence-corrected chi connectivity index (χ1v) is 9.51. The van der Waals surface area contributed by atoms with Gasteiger partial charge in [0.05, 0.1) is 11.6 Å². The summed E-state index contributed by atoms with van der Waals surface area (Å²) in [6.45, 7) is 8.42. The number of rotatable bonds is 8. The molecular formula is C19H29IN4OS. The zero-order valence-electron chi connectivity index (χ0n) is 16.0. The summed E-state index contributed by atoms with van der Waals surface area (Å²) in [7, 11) is 1.78. The third-order valence-electron chi connectivity index (χ3n) is 3.66. The molecule has 0 aliphatic rings. The van der Waals surface area contributed by atoms with Crippen LogP contribution in [0.3, 0.4) is 0 Å². The monoisotopic (exact) mass is 488 g/mol. The van der Waals surface area contributed by atoms with Crippen molar-refractivity contribution in [1.82, 2.24) is 15.6 Å². The number of guanidine groups is 1. The molecule has 0 saturated carbocycles. The van der Waals surface area contributed by atoms with Crippen LogP contribution in [0, 0.1) is 13.8 Å². The van der Waals surface area contributed by atoms with Crippen LogP contribution in [0.25, 0.3) is 0 Å². The van der Waals surface area contributed by atoms with Gasteiger partial charge < -0.3 is 15.4 Å². The molecule has 1 heterocycles. The van der Waals surface area contributed by atoms with Crippen LogP contribution in [0.2, 0.25) is 0 Å². The molecule has 0 saturated heterocycles. The van der Waals surface area contributed by atoms with Gasteiger partial charge in [-0.1, -0.05) is 13.0 Å². The topological polar surface area (TPSA) is 58.5 Å². The Morgan fingerprint density at radius 2 is 1.85 bits per heavy atom. The Morgan fingerprint density at radius 3 is 2.46 bits per heavy atom. The number of benzene rings is 1. The molecular weight excluding hydrogens is 459 g/mol. The van der Waals surface area contributed by atoms with Crippen molar-refractivity contribution in [3.63, 3.8) is 0 Å². The summed E-state index contributed by atoms with van der Waals surface area (Å²) in [5, 5.41) is 7.75. The lowest BCUT2D eigenvalue weighted by molar-refractivity contribution is 0.321. The van der Waals surface area contributed by atoms with Crippen molar-refractivity contribution >= 4 is 41.3 Å². The molecule has 0 atom stereocenters. The van der Waals surface area contributed by atoms with E-state index in [0.717, 1.165) is 36.1 Å². The molecule has 26 heavy (non-hydrogen) atoms. The number of hydrogen-bond acceptors (Lipinski definition) is 4. The van der Waals surface area contributed by atoms with E-state index in [2.05, 4.69) is 59.6 Å². The minimum atomic E-state index is 0. The predicted octanol–water partition coefficient (Wildman–Crippen LogP) is 3.73. The summed E-state index contributed by atoms with van der Waals surface area (Å²) in [6.07, 6.45) is 3.93. The van der Waals surface area contributed by atoms with Crippen LogP contribution >= 0.6 is 35.3 Å². The van der Waals surface area contributed by atoms with Crippen LogP contribution < -0.4 is 15.4 Å². The summed E-state index contributed by atoms with van der Waals surface area (Å²) in [5.74, 6) is 1.70. The van der Waals surface area contributed by atoms with Gasteiger partial charge in [-0.3, -0.25) is 4.99 Å². The molecule has 1 aromatic heterocycles. The van der Waals surface area contributed by atoms with E-state index in [1.54, 1.807) is 18.4 Å². The van der Waals surface area contributed by atoms with Gasteiger partial charge in [-0.15, -0.1) is 35.3 Å². The summed E-state index contributed by atoms with van der Waals surface area (Å²) < 4.78 is 5.80. The summed E-state index contributed by atoms with van der Waals surface area (Å²) in [4.78, 5) is 10.0. The number of aromatic nitrogens is 1. The molecule has 0 fully saturated rings. The van der Waals surface area contributed by atoms with E-state index in [1.165, 1.54) is 16.0 Å². The molecule has 144 valence electrons. The van der Waals surface area contributed by atoms with Gasteiger partial charge >= 0.3 is 0 Å². The van der Waals surface area contributed by atoms with Crippen molar-refractivity contribution in [2.24, 2.45) is 4.99 Å². The van der Waals surface area contributed by atoms with Crippen molar-refractivity contribution in [2.45, 2.75) is 33.6 Å². The largest absolute Gasteiger partial charge is 0.492 e. The number of halogens is 1. The highest BCUT2D eigenvalue weighted by Crippen LogP contribution is 2.16. The lowest BCUT2D eigenvalue weighted by atomic mass is 10.1. The predicted molar refractivity (Wildman–Crippen MR) is 121 cm³/mol. The minimum Gasteiger partial charge on any atom is -0.492 e. The normalized spacial score (nSPS) is 11.0. The SMILES string of the molecule is CCc1cnc(CCNC(=NC)NCCOc2cc(C)cc(C)c2)s1.I. The van der Waals surface area contributed by atoms with E-state index in [0.29, 0.717) is 13.2 Å². The van der Waals surface area contributed by atoms with Gasteiger partial charge in [0.1, 0.15) is 12.4 Å². The second-order valence-corrected chi connectivity index (χ2v) is 7.12. The van der Waals surface area contributed by atoms with E-state index in [1.807, 2.05) is 6.20 Å². The van der Waals surface area contributed by atoms with E-state index < -0.39 is 0 Å². The number of nitrogens with zero attached hydrogens (tertiary/aromatic N) is 2. The lowest BCUT2D eigenvalue weighted by Crippen LogP contribution is -2.40. The van der Waals surface area contributed by atoms with Gasteiger partial charge in [-0.05, 0) is 43.5 Å². The average Bonchev–Trinajstić information content (AvgIpc) is 3.04. The summed E-state index contributed by atoms with van der Waals surface area (Å²) in [6, 6.07) is 6.25. The van der Waals surface area contributed by atoms with Gasteiger partial charge in [-0.2, -0.15) is 0 Å². The molecule has 2 rings (SSSR count). The van der Waals surface area contributed by atoms with Gasteiger partial charge in [0.25, 0.3) is 0 Å². The smallest absolute Gasteiger partial charge is 0.191 e. The van der Waals surface area contributed by atoms with Crippen molar-refractivity contribution < 1.29 is 4.74 Å². The number of thiazole rings is 1. The van der Waals surface area contributed by atoms with Crippen LogP contribution in [0.1, 0.15) is 27.9 Å². The van der Waals surface area contributed by atoms with Crippen molar-refractivity contribution in [1.29, 1.82) is 0 Å². The number of ether oxygens (including phenoxy) is 1. The Bertz CT molecular complexity index is 682. The molecule has 1 aromatic carbocycles. The fourth-order valence-corrected chi connectivity index (χ4v) is 3.35. The minimum absolute atomic E-state index is 0. The number of hydrogen-bond donors (Lipinski definition) is 2. The standard InChI is InChI=1S/C19H28N4OS.HI/c1-5-17-13-23-18(25-17)6-7-21-19(20-4)22-8-9-24-16-11-14(2)10-15(3)12-16;/h10-13H,5-9H2,1-4H3,(H2,20,21,22);1H. The molecule has 0 amide bonds. The second kappa shape index (κ2) is 12.1. The molecule has 2 N–H and O–H groups in total. The van der Waals surface area contributed by atoms with Crippen molar-refractivity contribution in [2.75, 3.05) is 26.7 Å². The van der Waals surface area contributed by atoms with Crippen molar-refractivity contribution in [3.8, 4) is 5.75 Å². The van der Waals surface area contributed by atoms with Gasteiger partial charge in [0, 0.05) is 31.1 Å². The van der Waals surface area contributed by atoms with Crippen LogP contribution in [0.15, 0.2) is 29.4 Å². The molecule has 0 bridgehead atoms. The Labute approximate surface area is 177 Å². The average molecular weight is 488 g/mol. The third kappa shape index (κ3) is 7.90. The molecule has 2 aromatic rings. The first-order chi connectivity index (χ1) is 12.1. The van der Waals surface area contributed by atoms with Crippen LogP contribution in [0.4, 0.5) is 0 Å². The first kappa shape index (κ1) is 22.7. The number of nitrogens with one attached hydrogen (secondary N) is 2. The molecule has 0 aliphatic heterocycles. The Hall–Kier alpha value is -1.35. The molecule has 5 nitrogen and oxygen atoms in total. The maximum atomic E-state index is 5.80. The maximum absolute atomic E-state index is 5.80. The zero-order chi connectivity index (χ0) is 18.1. The highest BCUT2D eigenvalue weighted by Gasteiger charge is 2.02. The van der Waals surface area contributed by atoms with Crippen LogP contribution in [0.5, 0.6) is 5.75 Å². The summed E-state index contributed by atoms with van der Waals surface area (Å²) >= 11 is 1.78. The molecule has 0 unspecified atom stereocenters.